The lowest BCUT2D eigenvalue weighted by Crippen LogP contribution is -2.29. The first-order chi connectivity index (χ1) is 17.8. The summed E-state index contributed by atoms with van der Waals surface area (Å²) in [5, 5.41) is 20.6. The zero-order valence-corrected chi connectivity index (χ0v) is 24.3. The first-order valence-electron chi connectivity index (χ1n) is 10.8. The molecule has 1 saturated heterocycles. The Morgan fingerprint density at radius 1 is 1.00 bits per heavy atom. The summed E-state index contributed by atoms with van der Waals surface area (Å²) in [5.74, 6) is -1.16. The van der Waals surface area contributed by atoms with Gasteiger partial charge in [-0.1, -0.05) is 103 Å². The van der Waals surface area contributed by atoms with Gasteiger partial charge in [-0.15, -0.1) is 10.2 Å². The first kappa shape index (κ1) is 26.1. The fourth-order valence-electron chi connectivity index (χ4n) is 3.87. The summed E-state index contributed by atoms with van der Waals surface area (Å²) in [4.78, 5) is 27.9. The molecule has 4 aromatic rings. The molecular formula is C26H16Br2ClN3O3S2. The number of rotatable bonds is 6. The van der Waals surface area contributed by atoms with Crippen LogP contribution in [0.1, 0.15) is 22.7 Å². The van der Waals surface area contributed by atoms with Crippen LogP contribution in [0.25, 0.3) is 5.76 Å². The van der Waals surface area contributed by atoms with Crippen LogP contribution in [0.4, 0.5) is 5.13 Å². The predicted molar refractivity (Wildman–Crippen MR) is 154 cm³/mol. The van der Waals surface area contributed by atoms with Crippen molar-refractivity contribution in [2.45, 2.75) is 16.1 Å². The monoisotopic (exact) mass is 675 g/mol. The van der Waals surface area contributed by atoms with E-state index in [4.69, 9.17) is 11.6 Å². The van der Waals surface area contributed by atoms with Gasteiger partial charge in [0, 0.05) is 25.3 Å². The van der Waals surface area contributed by atoms with Crippen molar-refractivity contribution in [2.75, 3.05) is 4.90 Å². The molecule has 0 spiro atoms. The SMILES string of the molecule is O=C1C(=O)N(c2nnc(SCc3ccc(Cl)cc3)s2)C(c2cccc(Br)c2)/C1=C(/O)c1ccc(Br)cc1. The lowest BCUT2D eigenvalue weighted by molar-refractivity contribution is -0.132. The number of thioether (sulfide) groups is 1. The van der Waals surface area contributed by atoms with Gasteiger partial charge in [0.25, 0.3) is 5.78 Å². The predicted octanol–water partition coefficient (Wildman–Crippen LogP) is 7.64. The summed E-state index contributed by atoms with van der Waals surface area (Å²) in [5.41, 5.74) is 2.14. The summed E-state index contributed by atoms with van der Waals surface area (Å²) in [7, 11) is 0. The molecule has 11 heteroatoms. The minimum Gasteiger partial charge on any atom is -0.507 e. The van der Waals surface area contributed by atoms with Crippen LogP contribution >= 0.6 is 66.6 Å². The maximum absolute atomic E-state index is 13.3. The van der Waals surface area contributed by atoms with Crippen molar-refractivity contribution in [3.63, 3.8) is 0 Å². The number of halogens is 3. The van der Waals surface area contributed by atoms with Crippen LogP contribution < -0.4 is 4.90 Å². The van der Waals surface area contributed by atoms with Gasteiger partial charge >= 0.3 is 5.91 Å². The molecular weight excluding hydrogens is 662 g/mol. The Kier molecular flexibility index (Phi) is 7.83. The second kappa shape index (κ2) is 11.1. The number of amides is 1. The molecule has 1 atom stereocenters. The molecule has 0 radical (unpaired) electrons. The summed E-state index contributed by atoms with van der Waals surface area (Å²) < 4.78 is 2.24. The first-order valence-corrected chi connectivity index (χ1v) is 14.6. The number of carbonyl (C=O) groups is 2. The molecule has 1 unspecified atom stereocenters. The van der Waals surface area contributed by atoms with Crippen LogP contribution in [0.3, 0.4) is 0 Å². The topological polar surface area (TPSA) is 83.4 Å². The van der Waals surface area contributed by atoms with Crippen molar-refractivity contribution in [1.82, 2.24) is 10.2 Å². The molecule has 1 N–H and O–H groups in total. The van der Waals surface area contributed by atoms with Gasteiger partial charge in [0.1, 0.15) is 5.76 Å². The Morgan fingerprint density at radius 2 is 1.73 bits per heavy atom. The molecule has 0 bridgehead atoms. The van der Waals surface area contributed by atoms with Crippen LogP contribution in [0.15, 0.2) is 91.7 Å². The fraction of sp³-hybridized carbons (Fsp3) is 0.0769. The second-order valence-corrected chi connectivity index (χ2v) is 12.4. The number of Topliss-reactive ketones (excluding diaryl/α,β-unsaturated/α-hetero) is 1. The lowest BCUT2D eigenvalue weighted by Gasteiger charge is -2.22. The number of anilines is 1. The third-order valence-electron chi connectivity index (χ3n) is 5.60. The van der Waals surface area contributed by atoms with Crippen LogP contribution in [-0.2, 0) is 15.3 Å². The highest BCUT2D eigenvalue weighted by atomic mass is 79.9. The number of hydrogen-bond acceptors (Lipinski definition) is 7. The van der Waals surface area contributed by atoms with Crippen LogP contribution in [-0.4, -0.2) is 27.0 Å². The fourth-order valence-corrected chi connectivity index (χ4v) is 6.50. The van der Waals surface area contributed by atoms with Gasteiger partial charge in [0.15, 0.2) is 4.34 Å². The average molecular weight is 678 g/mol. The normalized spacial score (nSPS) is 16.9. The van der Waals surface area contributed by atoms with Gasteiger partial charge in [0.05, 0.1) is 11.6 Å². The van der Waals surface area contributed by atoms with E-state index in [-0.39, 0.29) is 16.5 Å². The highest BCUT2D eigenvalue weighted by Crippen LogP contribution is 2.44. The zero-order valence-electron chi connectivity index (χ0n) is 18.8. The van der Waals surface area contributed by atoms with Gasteiger partial charge in [-0.25, -0.2) is 0 Å². The molecule has 5 rings (SSSR count). The van der Waals surface area contributed by atoms with Gasteiger partial charge in [0.2, 0.25) is 5.13 Å². The minimum atomic E-state index is -0.872. The summed E-state index contributed by atoms with van der Waals surface area (Å²) in [6, 6.07) is 20.8. The molecule has 186 valence electrons. The van der Waals surface area contributed by atoms with E-state index in [0.29, 0.717) is 26.2 Å². The molecule has 1 aliphatic heterocycles. The van der Waals surface area contributed by atoms with E-state index in [2.05, 4.69) is 42.1 Å². The lowest BCUT2D eigenvalue weighted by atomic mass is 9.95. The Labute approximate surface area is 242 Å². The van der Waals surface area contributed by atoms with E-state index >= 15 is 0 Å². The van der Waals surface area contributed by atoms with E-state index in [9.17, 15) is 14.7 Å². The summed E-state index contributed by atoms with van der Waals surface area (Å²) in [6.45, 7) is 0. The van der Waals surface area contributed by atoms with Gasteiger partial charge < -0.3 is 5.11 Å². The minimum absolute atomic E-state index is 0.00371. The number of aliphatic hydroxyl groups is 1. The van der Waals surface area contributed by atoms with Gasteiger partial charge in [-0.05, 0) is 47.5 Å². The van der Waals surface area contributed by atoms with Crippen molar-refractivity contribution in [1.29, 1.82) is 0 Å². The Morgan fingerprint density at radius 3 is 2.43 bits per heavy atom. The number of aromatic nitrogens is 2. The summed E-state index contributed by atoms with van der Waals surface area (Å²) in [6.07, 6.45) is 0. The van der Waals surface area contributed by atoms with Crippen molar-refractivity contribution >= 4 is 89.1 Å². The molecule has 1 aliphatic rings. The number of carbonyl (C=O) groups excluding carboxylic acids is 2. The number of hydrogen-bond donors (Lipinski definition) is 1. The maximum atomic E-state index is 13.3. The molecule has 2 heterocycles. The highest BCUT2D eigenvalue weighted by molar-refractivity contribution is 9.10. The van der Waals surface area contributed by atoms with Crippen LogP contribution in [0.5, 0.6) is 0 Å². The van der Waals surface area contributed by atoms with Crippen molar-refractivity contribution < 1.29 is 14.7 Å². The Bertz CT molecular complexity index is 1520. The number of benzene rings is 3. The quantitative estimate of drug-likeness (QED) is 0.0743. The third kappa shape index (κ3) is 5.53. The Balaban J connectivity index is 1.53. The molecule has 37 heavy (non-hydrogen) atoms. The van der Waals surface area contributed by atoms with E-state index in [1.807, 2.05) is 42.5 Å². The van der Waals surface area contributed by atoms with Gasteiger partial charge in [-0.2, -0.15) is 0 Å². The average Bonchev–Trinajstić information content (AvgIpc) is 3.46. The molecule has 1 amide bonds. The molecule has 1 fully saturated rings. The molecule has 1 aromatic heterocycles. The Hall–Kier alpha value is -2.50. The molecule has 6 nitrogen and oxygen atoms in total. The van der Waals surface area contributed by atoms with E-state index < -0.39 is 17.7 Å². The number of ketones is 1. The maximum Gasteiger partial charge on any atom is 0.301 e. The van der Waals surface area contributed by atoms with E-state index in [0.717, 1.165) is 14.5 Å². The van der Waals surface area contributed by atoms with E-state index in [1.54, 1.807) is 30.3 Å². The molecule has 0 saturated carbocycles. The van der Waals surface area contributed by atoms with Crippen molar-refractivity contribution in [3.05, 3.63) is 109 Å². The zero-order chi connectivity index (χ0) is 26.1. The molecule has 3 aromatic carbocycles. The van der Waals surface area contributed by atoms with Gasteiger partial charge in [-0.3, -0.25) is 14.5 Å². The highest BCUT2D eigenvalue weighted by Gasteiger charge is 2.48. The third-order valence-corrected chi connectivity index (χ3v) is 9.00. The summed E-state index contributed by atoms with van der Waals surface area (Å²) >= 11 is 15.5. The van der Waals surface area contributed by atoms with Crippen LogP contribution in [0, 0.1) is 0 Å². The second-order valence-electron chi connectivity index (χ2n) is 8.00. The number of aliphatic hydroxyl groups excluding tert-OH is 1. The standard InChI is InChI=1S/C26H16Br2ClN3O3S2/c27-17-8-6-15(7-9-17)22(33)20-21(16-2-1-3-18(28)12-16)32(24(35)23(20)34)25-30-31-26(37-25)36-13-14-4-10-19(29)11-5-14/h1-12,21,33H,13H2/b22-20-. The largest absolute Gasteiger partial charge is 0.507 e. The smallest absolute Gasteiger partial charge is 0.301 e. The van der Waals surface area contributed by atoms with Crippen molar-refractivity contribution in [3.8, 4) is 0 Å². The van der Waals surface area contributed by atoms with Crippen molar-refractivity contribution in [2.24, 2.45) is 0 Å². The number of nitrogens with zero attached hydrogens (tertiary/aromatic N) is 3. The molecule has 0 aliphatic carbocycles. The van der Waals surface area contributed by atoms with E-state index in [1.165, 1.54) is 28.0 Å². The van der Waals surface area contributed by atoms with Crippen LogP contribution in [0.2, 0.25) is 5.02 Å².